The molecule has 0 aliphatic rings. The van der Waals surface area contributed by atoms with Crippen LogP contribution < -0.4 is 5.73 Å². The summed E-state index contributed by atoms with van der Waals surface area (Å²) in [6.45, 7) is 0. The van der Waals surface area contributed by atoms with Crippen molar-refractivity contribution in [2.45, 2.75) is 0 Å². The zero-order chi connectivity index (χ0) is 13.9. The highest BCUT2D eigenvalue weighted by Gasteiger charge is 2.08. The maximum atomic E-state index is 8.82. The first kappa shape index (κ1) is 11.8. The van der Waals surface area contributed by atoms with Crippen LogP contribution in [-0.2, 0) is 0 Å². The normalized spacial score (nSPS) is 10.2. The predicted molar refractivity (Wildman–Crippen MR) is 71.5 cm³/mol. The van der Waals surface area contributed by atoms with Crippen molar-refractivity contribution in [1.82, 2.24) is 24.7 Å². The van der Waals surface area contributed by atoms with Crippen molar-refractivity contribution in [3.63, 3.8) is 0 Å². The van der Waals surface area contributed by atoms with E-state index in [-0.39, 0.29) is 5.69 Å². The topological polar surface area (TPSA) is 106 Å². The number of hydrogen-bond acceptors (Lipinski definition) is 6. The van der Waals surface area contributed by atoms with E-state index in [1.54, 1.807) is 12.1 Å². The van der Waals surface area contributed by atoms with Crippen LogP contribution in [0.1, 0.15) is 5.69 Å². The molecule has 3 rings (SSSR count). The molecule has 20 heavy (non-hydrogen) atoms. The summed E-state index contributed by atoms with van der Waals surface area (Å²) in [6, 6.07) is 10.8. The van der Waals surface area contributed by atoms with Gasteiger partial charge in [0.2, 0.25) is 0 Å². The number of anilines is 1. The molecule has 0 unspecified atom stereocenters. The first-order valence-electron chi connectivity index (χ1n) is 5.77. The highest BCUT2D eigenvalue weighted by atomic mass is 15.4. The Kier molecular flexibility index (Phi) is 2.82. The minimum absolute atomic E-state index is 0.274. The second-order valence-electron chi connectivity index (χ2n) is 3.99. The minimum Gasteiger partial charge on any atom is -0.399 e. The lowest BCUT2D eigenvalue weighted by atomic mass is 10.2. The predicted octanol–water partition coefficient (Wildman–Crippen LogP) is 1.18. The van der Waals surface area contributed by atoms with Crippen LogP contribution in [0.4, 0.5) is 5.69 Å². The summed E-state index contributed by atoms with van der Waals surface area (Å²) in [5.41, 5.74) is 7.45. The van der Waals surface area contributed by atoms with Crippen LogP contribution in [0.5, 0.6) is 0 Å². The Morgan fingerprint density at radius 1 is 1.20 bits per heavy atom. The van der Waals surface area contributed by atoms with Gasteiger partial charge >= 0.3 is 0 Å². The quantitative estimate of drug-likeness (QED) is 0.696. The molecule has 0 aliphatic carbocycles. The zero-order valence-electron chi connectivity index (χ0n) is 10.3. The lowest BCUT2D eigenvalue weighted by Gasteiger charge is -1.98. The Morgan fingerprint density at radius 3 is 2.90 bits per heavy atom. The van der Waals surface area contributed by atoms with Gasteiger partial charge in [-0.25, -0.2) is 15.0 Å². The van der Waals surface area contributed by atoms with Crippen LogP contribution in [0, 0.1) is 11.3 Å². The average Bonchev–Trinajstić information content (AvgIpc) is 2.97. The van der Waals surface area contributed by atoms with E-state index in [2.05, 4.69) is 20.1 Å². The molecule has 7 nitrogen and oxygen atoms in total. The van der Waals surface area contributed by atoms with Gasteiger partial charge in [0.15, 0.2) is 5.82 Å². The lowest BCUT2D eigenvalue weighted by Crippen LogP contribution is -2.02. The molecule has 0 spiro atoms. The average molecular weight is 263 g/mol. The van der Waals surface area contributed by atoms with Crippen molar-refractivity contribution >= 4 is 5.69 Å². The molecule has 0 saturated carbocycles. The Hall–Kier alpha value is -3.27. The fraction of sp³-hybridized carbons (Fsp3) is 0. The number of nitrogens with two attached hydrogens (primary N) is 1. The van der Waals surface area contributed by atoms with E-state index < -0.39 is 0 Å². The van der Waals surface area contributed by atoms with Gasteiger partial charge in [-0.3, -0.25) is 0 Å². The molecule has 2 N–H and O–H groups in total. The summed E-state index contributed by atoms with van der Waals surface area (Å²) in [6.07, 6.45) is 3.00. The van der Waals surface area contributed by atoms with Crippen LogP contribution in [0.3, 0.4) is 0 Å². The highest BCUT2D eigenvalue weighted by Crippen LogP contribution is 2.17. The highest BCUT2D eigenvalue weighted by molar-refractivity contribution is 5.60. The zero-order valence-corrected chi connectivity index (χ0v) is 10.3. The van der Waals surface area contributed by atoms with Gasteiger partial charge in [0, 0.05) is 17.4 Å². The number of nitrogen functional groups attached to an aromatic ring is 1. The third-order valence-corrected chi connectivity index (χ3v) is 2.60. The van der Waals surface area contributed by atoms with E-state index in [0.29, 0.717) is 17.5 Å². The molecule has 0 aliphatic heterocycles. The summed E-state index contributed by atoms with van der Waals surface area (Å²) in [4.78, 5) is 12.3. The van der Waals surface area contributed by atoms with Crippen LogP contribution in [0.2, 0.25) is 0 Å². The third-order valence-electron chi connectivity index (χ3n) is 2.60. The van der Waals surface area contributed by atoms with Crippen LogP contribution in [-0.4, -0.2) is 24.7 Å². The van der Waals surface area contributed by atoms with Gasteiger partial charge in [0.1, 0.15) is 18.1 Å². The number of hydrogen-bond donors (Lipinski definition) is 1. The Bertz CT molecular complexity index is 800. The molecule has 2 heterocycles. The van der Waals surface area contributed by atoms with E-state index in [9.17, 15) is 0 Å². The maximum absolute atomic E-state index is 8.82. The molecule has 2 aromatic heterocycles. The number of benzene rings is 1. The van der Waals surface area contributed by atoms with Crippen molar-refractivity contribution in [3.05, 3.63) is 48.5 Å². The fourth-order valence-electron chi connectivity index (χ4n) is 1.69. The molecule has 0 fully saturated rings. The molecule has 0 saturated heterocycles. The number of rotatable bonds is 2. The molecule has 0 amide bonds. The summed E-state index contributed by atoms with van der Waals surface area (Å²) in [5, 5.41) is 13.1. The van der Waals surface area contributed by atoms with Crippen LogP contribution in [0.25, 0.3) is 17.3 Å². The van der Waals surface area contributed by atoms with Gasteiger partial charge in [-0.05, 0) is 18.2 Å². The molecule has 0 atom stereocenters. The standard InChI is InChI=1S/C13H9N7/c14-7-11-4-5-16-13(18-11)20-8-17-12(19-20)9-2-1-3-10(15)6-9/h1-6,8H,15H2. The van der Waals surface area contributed by atoms with Gasteiger partial charge < -0.3 is 5.73 Å². The van der Waals surface area contributed by atoms with E-state index >= 15 is 0 Å². The van der Waals surface area contributed by atoms with E-state index in [4.69, 9.17) is 11.0 Å². The van der Waals surface area contributed by atoms with Gasteiger partial charge in [-0.1, -0.05) is 12.1 Å². The Balaban J connectivity index is 2.00. The third kappa shape index (κ3) is 2.18. The molecule has 7 heteroatoms. The largest absolute Gasteiger partial charge is 0.399 e. The Labute approximate surface area is 114 Å². The van der Waals surface area contributed by atoms with Gasteiger partial charge in [0.05, 0.1) is 0 Å². The summed E-state index contributed by atoms with van der Waals surface area (Å²) in [7, 11) is 0. The van der Waals surface area contributed by atoms with Crippen molar-refractivity contribution in [1.29, 1.82) is 5.26 Å². The second-order valence-corrected chi connectivity index (χ2v) is 3.99. The van der Waals surface area contributed by atoms with Gasteiger partial charge in [-0.2, -0.15) is 9.94 Å². The van der Waals surface area contributed by atoms with E-state index in [1.165, 1.54) is 23.3 Å². The molecular weight excluding hydrogens is 254 g/mol. The molecule has 1 aromatic carbocycles. The second kappa shape index (κ2) is 4.78. The smallest absolute Gasteiger partial charge is 0.253 e. The Morgan fingerprint density at radius 2 is 2.10 bits per heavy atom. The molecular formula is C13H9N7. The molecule has 0 bridgehead atoms. The van der Waals surface area contributed by atoms with Gasteiger partial charge in [0.25, 0.3) is 5.95 Å². The monoisotopic (exact) mass is 263 g/mol. The van der Waals surface area contributed by atoms with Crippen molar-refractivity contribution in [2.75, 3.05) is 5.73 Å². The summed E-state index contributed by atoms with van der Waals surface area (Å²) < 4.78 is 1.42. The van der Waals surface area contributed by atoms with Crippen molar-refractivity contribution in [3.8, 4) is 23.4 Å². The number of nitrogens with zero attached hydrogens (tertiary/aromatic N) is 6. The fourth-order valence-corrected chi connectivity index (χ4v) is 1.69. The van der Waals surface area contributed by atoms with Crippen LogP contribution in [0.15, 0.2) is 42.9 Å². The van der Waals surface area contributed by atoms with Crippen molar-refractivity contribution in [2.24, 2.45) is 0 Å². The first-order chi connectivity index (χ1) is 9.76. The minimum atomic E-state index is 0.274. The SMILES string of the molecule is N#Cc1ccnc(-n2cnc(-c3cccc(N)c3)n2)n1. The van der Waals surface area contributed by atoms with E-state index in [0.717, 1.165) is 5.56 Å². The number of aromatic nitrogens is 5. The molecule has 0 radical (unpaired) electrons. The summed E-state index contributed by atoms with van der Waals surface area (Å²) in [5.74, 6) is 0.815. The lowest BCUT2D eigenvalue weighted by molar-refractivity contribution is 0.806. The molecule has 3 aromatic rings. The van der Waals surface area contributed by atoms with Crippen LogP contribution >= 0.6 is 0 Å². The van der Waals surface area contributed by atoms with Crippen molar-refractivity contribution < 1.29 is 0 Å². The number of nitriles is 1. The first-order valence-corrected chi connectivity index (χ1v) is 5.77. The van der Waals surface area contributed by atoms with Gasteiger partial charge in [-0.15, -0.1) is 5.10 Å². The molecule has 96 valence electrons. The van der Waals surface area contributed by atoms with E-state index in [1.807, 2.05) is 18.2 Å². The summed E-state index contributed by atoms with van der Waals surface area (Å²) >= 11 is 0. The maximum Gasteiger partial charge on any atom is 0.253 e.